The fourth-order valence-corrected chi connectivity index (χ4v) is 1.53. The van der Waals surface area contributed by atoms with E-state index in [1.807, 2.05) is 0 Å². The van der Waals surface area contributed by atoms with E-state index in [0.717, 1.165) is 19.5 Å². The first-order valence-electron chi connectivity index (χ1n) is 4.86. The first kappa shape index (κ1) is 9.92. The summed E-state index contributed by atoms with van der Waals surface area (Å²) in [5.74, 6) is -0.201. The molecule has 0 aromatic carbocycles. The molecule has 0 spiro atoms. The lowest BCUT2D eigenvalue weighted by Crippen LogP contribution is -2.36. The Bertz CT molecular complexity index is 387. The quantitative estimate of drug-likeness (QED) is 0.702. The van der Waals surface area contributed by atoms with E-state index in [-0.39, 0.29) is 11.9 Å². The van der Waals surface area contributed by atoms with Crippen molar-refractivity contribution >= 4 is 5.91 Å². The number of hydrogen-bond acceptors (Lipinski definition) is 4. The molecule has 1 amide bonds. The largest absolute Gasteiger partial charge is 0.430 e. The zero-order chi connectivity index (χ0) is 10.7. The van der Waals surface area contributed by atoms with E-state index in [9.17, 15) is 9.59 Å². The van der Waals surface area contributed by atoms with Crippen molar-refractivity contribution in [1.82, 2.24) is 10.6 Å². The maximum Gasteiger partial charge on any atom is 0.335 e. The van der Waals surface area contributed by atoms with Crippen LogP contribution in [0.4, 0.5) is 0 Å². The van der Waals surface area contributed by atoms with Crippen LogP contribution in [0.15, 0.2) is 27.6 Å². The summed E-state index contributed by atoms with van der Waals surface area (Å²) in [7, 11) is 0. The highest BCUT2D eigenvalue weighted by molar-refractivity contribution is 5.93. The molecule has 1 fully saturated rings. The number of carbonyl (C=O) groups is 1. The van der Waals surface area contributed by atoms with Gasteiger partial charge >= 0.3 is 5.63 Å². The minimum atomic E-state index is -0.450. The molecule has 1 aromatic rings. The normalized spacial score (nSPS) is 20.1. The van der Waals surface area contributed by atoms with Crippen LogP contribution in [0, 0.1) is 0 Å². The molecule has 0 radical (unpaired) electrons. The summed E-state index contributed by atoms with van der Waals surface area (Å²) in [6, 6.07) is 2.87. The summed E-state index contributed by atoms with van der Waals surface area (Å²) in [6.07, 6.45) is 2.11. The Morgan fingerprint density at radius 2 is 2.40 bits per heavy atom. The molecule has 15 heavy (non-hydrogen) atoms. The molecule has 0 bridgehead atoms. The molecule has 0 aliphatic carbocycles. The number of nitrogens with one attached hydrogen (secondary N) is 2. The van der Waals surface area contributed by atoms with E-state index < -0.39 is 5.63 Å². The molecule has 1 aromatic heterocycles. The van der Waals surface area contributed by atoms with Crippen LogP contribution in [-0.4, -0.2) is 25.0 Å². The Morgan fingerprint density at radius 1 is 1.53 bits per heavy atom. The molecule has 0 saturated carbocycles. The summed E-state index contributed by atoms with van der Waals surface area (Å²) in [6.45, 7) is 1.72. The average Bonchev–Trinajstić information content (AvgIpc) is 2.71. The van der Waals surface area contributed by atoms with Gasteiger partial charge in [-0.2, -0.15) is 0 Å². The fraction of sp³-hybridized carbons (Fsp3) is 0.400. The summed E-state index contributed by atoms with van der Waals surface area (Å²) in [5.41, 5.74) is -0.0735. The minimum absolute atomic E-state index is 0.171. The minimum Gasteiger partial charge on any atom is -0.430 e. The monoisotopic (exact) mass is 208 g/mol. The maximum absolute atomic E-state index is 11.6. The number of hydrogen-bond donors (Lipinski definition) is 2. The Balaban J connectivity index is 2.01. The molecular formula is C10H12N2O3. The molecule has 5 heteroatoms. The predicted molar refractivity (Wildman–Crippen MR) is 53.7 cm³/mol. The number of amides is 1. The third-order valence-electron chi connectivity index (χ3n) is 2.36. The van der Waals surface area contributed by atoms with E-state index >= 15 is 0 Å². The van der Waals surface area contributed by atoms with Crippen LogP contribution in [0.5, 0.6) is 0 Å². The van der Waals surface area contributed by atoms with Crippen molar-refractivity contribution in [2.45, 2.75) is 12.5 Å². The second-order valence-corrected chi connectivity index (χ2v) is 3.51. The van der Waals surface area contributed by atoms with Gasteiger partial charge in [0, 0.05) is 18.7 Å². The highest BCUT2D eigenvalue weighted by atomic mass is 16.4. The maximum atomic E-state index is 11.6. The van der Waals surface area contributed by atoms with Crippen LogP contribution in [0.25, 0.3) is 0 Å². The van der Waals surface area contributed by atoms with Crippen molar-refractivity contribution in [1.29, 1.82) is 0 Å². The molecule has 80 valence electrons. The van der Waals surface area contributed by atoms with Gasteiger partial charge in [0.2, 0.25) is 0 Å². The van der Waals surface area contributed by atoms with Crippen molar-refractivity contribution in [3.8, 4) is 0 Å². The lowest BCUT2D eigenvalue weighted by molar-refractivity contribution is 0.0937. The third-order valence-corrected chi connectivity index (χ3v) is 2.36. The summed E-state index contributed by atoms with van der Waals surface area (Å²) in [5, 5.41) is 6.00. The summed E-state index contributed by atoms with van der Waals surface area (Å²) >= 11 is 0. The van der Waals surface area contributed by atoms with Crippen LogP contribution in [-0.2, 0) is 0 Å². The molecule has 1 saturated heterocycles. The number of carbonyl (C=O) groups excluding carboxylic acids is 1. The SMILES string of the molecule is O=C(N[C@@H]1CCNC1)c1ccc(=O)oc1. The van der Waals surface area contributed by atoms with E-state index in [4.69, 9.17) is 0 Å². The first-order chi connectivity index (χ1) is 7.25. The second kappa shape index (κ2) is 4.27. The molecule has 2 N–H and O–H groups in total. The van der Waals surface area contributed by atoms with Gasteiger partial charge in [-0.1, -0.05) is 0 Å². The van der Waals surface area contributed by atoms with Gasteiger partial charge < -0.3 is 15.1 Å². The molecule has 2 rings (SSSR count). The van der Waals surface area contributed by atoms with Crippen molar-refractivity contribution < 1.29 is 9.21 Å². The Morgan fingerprint density at radius 3 is 3.00 bits per heavy atom. The van der Waals surface area contributed by atoms with Crippen LogP contribution < -0.4 is 16.3 Å². The molecule has 1 aliphatic rings. The van der Waals surface area contributed by atoms with Gasteiger partial charge in [-0.15, -0.1) is 0 Å². The molecule has 2 heterocycles. The van der Waals surface area contributed by atoms with Crippen LogP contribution in [0.2, 0.25) is 0 Å². The van der Waals surface area contributed by atoms with Gasteiger partial charge in [0.1, 0.15) is 6.26 Å². The number of rotatable bonds is 2. The Labute approximate surface area is 86.5 Å². The summed E-state index contributed by atoms with van der Waals surface area (Å²) < 4.78 is 4.61. The zero-order valence-electron chi connectivity index (χ0n) is 8.16. The van der Waals surface area contributed by atoms with E-state index in [2.05, 4.69) is 15.1 Å². The average molecular weight is 208 g/mol. The van der Waals surface area contributed by atoms with Crippen molar-refractivity contribution in [2.24, 2.45) is 0 Å². The first-order valence-corrected chi connectivity index (χ1v) is 4.86. The molecule has 0 unspecified atom stereocenters. The second-order valence-electron chi connectivity index (χ2n) is 3.51. The van der Waals surface area contributed by atoms with Gasteiger partial charge in [0.05, 0.1) is 5.56 Å². The van der Waals surface area contributed by atoms with Crippen molar-refractivity contribution in [3.05, 3.63) is 34.4 Å². The zero-order valence-corrected chi connectivity index (χ0v) is 8.16. The Kier molecular flexibility index (Phi) is 2.82. The van der Waals surface area contributed by atoms with Crippen molar-refractivity contribution in [3.63, 3.8) is 0 Å². The predicted octanol–water partition coefficient (Wildman–Crippen LogP) is -0.269. The smallest absolute Gasteiger partial charge is 0.335 e. The third kappa shape index (κ3) is 2.44. The van der Waals surface area contributed by atoms with E-state index in [0.29, 0.717) is 5.56 Å². The highest BCUT2D eigenvalue weighted by Crippen LogP contribution is 2.00. The van der Waals surface area contributed by atoms with Gasteiger partial charge in [-0.25, -0.2) is 4.79 Å². The topological polar surface area (TPSA) is 71.3 Å². The lowest BCUT2D eigenvalue weighted by Gasteiger charge is -2.10. The van der Waals surface area contributed by atoms with E-state index in [1.54, 1.807) is 0 Å². The van der Waals surface area contributed by atoms with E-state index in [1.165, 1.54) is 18.4 Å². The van der Waals surface area contributed by atoms with Crippen LogP contribution >= 0.6 is 0 Å². The molecule has 1 aliphatic heterocycles. The highest BCUT2D eigenvalue weighted by Gasteiger charge is 2.17. The molecule has 1 atom stereocenters. The van der Waals surface area contributed by atoms with Gasteiger partial charge in [0.15, 0.2) is 0 Å². The molecular weight excluding hydrogens is 196 g/mol. The summed E-state index contributed by atoms with van der Waals surface area (Å²) in [4.78, 5) is 22.3. The lowest BCUT2D eigenvalue weighted by atomic mass is 10.2. The standard InChI is InChI=1S/C10H12N2O3/c13-9-2-1-7(6-15-9)10(14)12-8-3-4-11-5-8/h1-2,6,8,11H,3-5H2,(H,12,14)/t8-/m1/s1. The van der Waals surface area contributed by atoms with Gasteiger partial charge in [-0.3, -0.25) is 4.79 Å². The van der Waals surface area contributed by atoms with Gasteiger partial charge in [-0.05, 0) is 19.0 Å². The fourth-order valence-electron chi connectivity index (χ4n) is 1.53. The van der Waals surface area contributed by atoms with Crippen molar-refractivity contribution in [2.75, 3.05) is 13.1 Å². The van der Waals surface area contributed by atoms with Crippen LogP contribution in [0.3, 0.4) is 0 Å². The Hall–Kier alpha value is -1.62. The molecule has 5 nitrogen and oxygen atoms in total. The van der Waals surface area contributed by atoms with Crippen LogP contribution in [0.1, 0.15) is 16.8 Å². The van der Waals surface area contributed by atoms with Gasteiger partial charge in [0.25, 0.3) is 5.91 Å².